The molecular weight excluding hydrogens is 202 g/mol. The minimum atomic E-state index is 0.223. The Bertz CT molecular complexity index is 340. The normalized spacial score (nSPS) is 20.1. The summed E-state index contributed by atoms with van der Waals surface area (Å²) in [5.74, 6) is 0.922. The zero-order valence-electron chi connectivity index (χ0n) is 9.72. The summed E-state index contributed by atoms with van der Waals surface area (Å²) in [4.78, 5) is 2.25. The van der Waals surface area contributed by atoms with E-state index in [9.17, 15) is 5.11 Å². The van der Waals surface area contributed by atoms with E-state index in [1.54, 1.807) is 0 Å². The first-order valence-corrected chi connectivity index (χ1v) is 5.96. The topological polar surface area (TPSA) is 32.7 Å². The zero-order valence-corrected chi connectivity index (χ0v) is 9.72. The van der Waals surface area contributed by atoms with Crippen molar-refractivity contribution in [1.29, 1.82) is 0 Å². The second kappa shape index (κ2) is 5.21. The average molecular weight is 221 g/mol. The van der Waals surface area contributed by atoms with Gasteiger partial charge >= 0.3 is 0 Å². The molecule has 1 N–H and O–H groups in total. The average Bonchev–Trinajstić information content (AvgIpc) is 2.78. The van der Waals surface area contributed by atoms with Crippen LogP contribution in [-0.4, -0.2) is 30.9 Å². The molecule has 1 aliphatic heterocycles. The number of anilines is 1. The molecule has 1 unspecified atom stereocenters. The molecule has 88 valence electrons. The molecule has 1 aromatic carbocycles. The smallest absolute Gasteiger partial charge is 0.142 e. The lowest BCUT2D eigenvalue weighted by atomic mass is 10.2. The van der Waals surface area contributed by atoms with Crippen LogP contribution in [0.1, 0.15) is 19.8 Å². The highest BCUT2D eigenvalue weighted by molar-refractivity contribution is 5.59. The minimum Gasteiger partial charge on any atom is -0.492 e. The minimum absolute atomic E-state index is 0.223. The maximum atomic E-state index is 9.34. The van der Waals surface area contributed by atoms with Crippen LogP contribution in [0.5, 0.6) is 5.75 Å². The van der Waals surface area contributed by atoms with Crippen LogP contribution in [0.2, 0.25) is 0 Å². The number of aliphatic hydroxyl groups is 1. The predicted octanol–water partition coefficient (Wildman–Crippen LogP) is 2.05. The molecule has 1 atom stereocenters. The second-order valence-corrected chi connectivity index (χ2v) is 4.07. The van der Waals surface area contributed by atoms with Crippen LogP contribution in [0.3, 0.4) is 0 Å². The van der Waals surface area contributed by atoms with E-state index in [-0.39, 0.29) is 12.6 Å². The quantitative estimate of drug-likeness (QED) is 0.844. The largest absolute Gasteiger partial charge is 0.492 e. The fraction of sp³-hybridized carbons (Fsp3) is 0.538. The number of aliphatic hydroxyl groups excluding tert-OH is 1. The molecule has 0 radical (unpaired) electrons. The van der Waals surface area contributed by atoms with Gasteiger partial charge in [-0.2, -0.15) is 0 Å². The standard InChI is InChI=1S/C13H19NO2/c1-2-16-13-8-4-3-7-12(13)14-9-5-6-11(14)10-15/h3-4,7-8,11,15H,2,5-6,9-10H2,1H3. The summed E-state index contributed by atoms with van der Waals surface area (Å²) in [6.07, 6.45) is 2.21. The first-order chi connectivity index (χ1) is 7.86. The number of ether oxygens (including phenoxy) is 1. The number of nitrogens with zero attached hydrogens (tertiary/aromatic N) is 1. The van der Waals surface area contributed by atoms with Gasteiger partial charge in [0.2, 0.25) is 0 Å². The summed E-state index contributed by atoms with van der Waals surface area (Å²) in [5.41, 5.74) is 1.11. The van der Waals surface area contributed by atoms with Crippen molar-refractivity contribution < 1.29 is 9.84 Å². The van der Waals surface area contributed by atoms with Gasteiger partial charge in [0.05, 0.1) is 24.9 Å². The molecule has 0 amide bonds. The maximum Gasteiger partial charge on any atom is 0.142 e. The van der Waals surface area contributed by atoms with Crippen LogP contribution >= 0.6 is 0 Å². The first-order valence-electron chi connectivity index (χ1n) is 5.96. The van der Waals surface area contributed by atoms with Gasteiger partial charge in [-0.1, -0.05) is 12.1 Å². The number of hydrogen-bond acceptors (Lipinski definition) is 3. The van der Waals surface area contributed by atoms with E-state index in [0.717, 1.165) is 30.8 Å². The van der Waals surface area contributed by atoms with E-state index in [1.807, 2.05) is 25.1 Å². The molecule has 16 heavy (non-hydrogen) atoms. The Morgan fingerprint density at radius 3 is 3.00 bits per heavy atom. The van der Waals surface area contributed by atoms with E-state index in [4.69, 9.17) is 4.74 Å². The van der Waals surface area contributed by atoms with Gasteiger partial charge in [0.1, 0.15) is 5.75 Å². The lowest BCUT2D eigenvalue weighted by molar-refractivity contribution is 0.265. The Hall–Kier alpha value is -1.22. The summed E-state index contributed by atoms with van der Waals surface area (Å²) in [7, 11) is 0. The number of hydrogen-bond donors (Lipinski definition) is 1. The Labute approximate surface area is 96.6 Å². The second-order valence-electron chi connectivity index (χ2n) is 4.07. The molecule has 0 bridgehead atoms. The molecule has 1 fully saturated rings. The van der Waals surface area contributed by atoms with E-state index >= 15 is 0 Å². The molecule has 0 aromatic heterocycles. The lowest BCUT2D eigenvalue weighted by Gasteiger charge is -2.27. The van der Waals surface area contributed by atoms with Crippen LogP contribution in [0.15, 0.2) is 24.3 Å². The summed E-state index contributed by atoms with van der Waals surface area (Å²) >= 11 is 0. The van der Waals surface area contributed by atoms with Crippen molar-refractivity contribution in [1.82, 2.24) is 0 Å². The van der Waals surface area contributed by atoms with E-state index in [1.165, 1.54) is 0 Å². The van der Waals surface area contributed by atoms with Gasteiger partial charge in [-0.15, -0.1) is 0 Å². The van der Waals surface area contributed by atoms with E-state index in [2.05, 4.69) is 11.0 Å². The molecule has 1 aromatic rings. The fourth-order valence-electron chi connectivity index (χ4n) is 2.31. The van der Waals surface area contributed by atoms with Gasteiger partial charge < -0.3 is 14.7 Å². The van der Waals surface area contributed by atoms with Crippen molar-refractivity contribution in [2.45, 2.75) is 25.8 Å². The Morgan fingerprint density at radius 2 is 2.25 bits per heavy atom. The van der Waals surface area contributed by atoms with E-state index < -0.39 is 0 Å². The Kier molecular flexibility index (Phi) is 3.67. The molecule has 3 heteroatoms. The van der Waals surface area contributed by atoms with Crippen LogP contribution in [0.4, 0.5) is 5.69 Å². The number of rotatable bonds is 4. The molecule has 1 aliphatic rings. The lowest BCUT2D eigenvalue weighted by Crippen LogP contribution is -2.32. The van der Waals surface area contributed by atoms with Crippen LogP contribution in [-0.2, 0) is 0 Å². The van der Waals surface area contributed by atoms with Gasteiger partial charge in [0.25, 0.3) is 0 Å². The van der Waals surface area contributed by atoms with Crippen molar-refractivity contribution in [3.63, 3.8) is 0 Å². The monoisotopic (exact) mass is 221 g/mol. The Morgan fingerprint density at radius 1 is 1.44 bits per heavy atom. The SMILES string of the molecule is CCOc1ccccc1N1CCCC1CO. The van der Waals surface area contributed by atoms with Gasteiger partial charge in [-0.05, 0) is 31.9 Å². The van der Waals surface area contributed by atoms with Crippen molar-refractivity contribution >= 4 is 5.69 Å². The van der Waals surface area contributed by atoms with Gasteiger partial charge in [0.15, 0.2) is 0 Å². The summed E-state index contributed by atoms with van der Waals surface area (Å²) in [6, 6.07) is 8.31. The first kappa shape index (κ1) is 11.3. The molecular formula is C13H19NO2. The number of benzene rings is 1. The molecule has 2 rings (SSSR count). The molecule has 3 nitrogen and oxygen atoms in total. The van der Waals surface area contributed by atoms with Crippen LogP contribution in [0.25, 0.3) is 0 Å². The third kappa shape index (κ3) is 2.14. The molecule has 1 saturated heterocycles. The third-order valence-electron chi connectivity index (χ3n) is 3.06. The molecule has 1 heterocycles. The third-order valence-corrected chi connectivity index (χ3v) is 3.06. The van der Waals surface area contributed by atoms with Gasteiger partial charge in [-0.3, -0.25) is 0 Å². The van der Waals surface area contributed by atoms with Crippen molar-refractivity contribution in [3.8, 4) is 5.75 Å². The van der Waals surface area contributed by atoms with Crippen LogP contribution in [0, 0.1) is 0 Å². The number of para-hydroxylation sites is 2. The predicted molar refractivity (Wildman–Crippen MR) is 65.1 cm³/mol. The van der Waals surface area contributed by atoms with Gasteiger partial charge in [-0.25, -0.2) is 0 Å². The molecule has 0 aliphatic carbocycles. The summed E-state index contributed by atoms with van der Waals surface area (Å²) < 4.78 is 5.62. The fourth-order valence-corrected chi connectivity index (χ4v) is 2.31. The van der Waals surface area contributed by atoms with E-state index in [0.29, 0.717) is 6.61 Å². The van der Waals surface area contributed by atoms with Crippen molar-refractivity contribution in [3.05, 3.63) is 24.3 Å². The summed E-state index contributed by atoms with van der Waals surface area (Å²) in [6.45, 7) is 3.90. The Balaban J connectivity index is 2.24. The van der Waals surface area contributed by atoms with Crippen LogP contribution < -0.4 is 9.64 Å². The maximum absolute atomic E-state index is 9.34. The highest BCUT2D eigenvalue weighted by Gasteiger charge is 2.25. The summed E-state index contributed by atoms with van der Waals surface area (Å²) in [5, 5.41) is 9.34. The zero-order chi connectivity index (χ0) is 11.4. The molecule has 0 saturated carbocycles. The van der Waals surface area contributed by atoms with Gasteiger partial charge in [0, 0.05) is 6.54 Å². The highest BCUT2D eigenvalue weighted by Crippen LogP contribution is 2.33. The van der Waals surface area contributed by atoms with Crippen molar-refractivity contribution in [2.75, 3.05) is 24.7 Å². The highest BCUT2D eigenvalue weighted by atomic mass is 16.5. The molecule has 0 spiro atoms. The van der Waals surface area contributed by atoms with Crippen molar-refractivity contribution in [2.24, 2.45) is 0 Å².